The van der Waals surface area contributed by atoms with Crippen LogP contribution in [0.15, 0.2) is 24.3 Å². The molecular weight excluding hydrogens is 534 g/mol. The highest BCUT2D eigenvalue weighted by molar-refractivity contribution is 5.27. The number of nitrogens with zero attached hydrogens (tertiary/aromatic N) is 3. The minimum atomic E-state index is 0.747. The van der Waals surface area contributed by atoms with Crippen LogP contribution in [-0.4, -0.2) is 135 Å². The average Bonchev–Trinajstić information content (AvgIpc) is 3.01. The molecule has 8 nitrogen and oxygen atoms in total. The van der Waals surface area contributed by atoms with Crippen molar-refractivity contribution in [2.75, 3.05) is 120 Å². The topological polar surface area (TPSA) is 67.1 Å². The van der Waals surface area contributed by atoms with Gasteiger partial charge in [-0.1, -0.05) is 31.9 Å². The van der Waals surface area contributed by atoms with Gasteiger partial charge in [-0.3, -0.25) is 4.90 Å². The SMILES string of the molecule is CCCCCc1ccc(OCCN(CCCN(CCCNC)CCCNC)CCCN(CCCNC)CCCNC)cc1. The fraction of sp³-hybridized carbons (Fsp3) is 0.829. The van der Waals surface area contributed by atoms with E-state index in [4.69, 9.17) is 4.74 Å². The number of unbranched alkanes of at least 4 members (excludes halogenated alkanes) is 2. The molecule has 0 fully saturated rings. The van der Waals surface area contributed by atoms with E-state index in [0.717, 1.165) is 58.2 Å². The maximum atomic E-state index is 6.24. The van der Waals surface area contributed by atoms with Crippen LogP contribution in [0.5, 0.6) is 5.75 Å². The molecule has 0 bridgehead atoms. The zero-order valence-electron chi connectivity index (χ0n) is 29.0. The van der Waals surface area contributed by atoms with Gasteiger partial charge in [-0.2, -0.15) is 0 Å². The Bertz CT molecular complexity index is 656. The highest BCUT2D eigenvalue weighted by Crippen LogP contribution is 2.14. The summed E-state index contributed by atoms with van der Waals surface area (Å²) in [6, 6.07) is 8.81. The van der Waals surface area contributed by atoms with Gasteiger partial charge < -0.3 is 35.8 Å². The van der Waals surface area contributed by atoms with Gasteiger partial charge in [-0.05, 0) is 176 Å². The van der Waals surface area contributed by atoms with Crippen LogP contribution >= 0.6 is 0 Å². The van der Waals surface area contributed by atoms with Gasteiger partial charge in [0.1, 0.15) is 12.4 Å². The Labute approximate surface area is 267 Å². The van der Waals surface area contributed by atoms with Gasteiger partial charge in [0, 0.05) is 6.54 Å². The van der Waals surface area contributed by atoms with Crippen molar-refractivity contribution in [2.24, 2.45) is 0 Å². The molecule has 1 rings (SSSR count). The number of aryl methyl sites for hydroxylation is 1. The van der Waals surface area contributed by atoms with Gasteiger partial charge in [0.2, 0.25) is 0 Å². The summed E-state index contributed by atoms with van der Waals surface area (Å²) >= 11 is 0. The van der Waals surface area contributed by atoms with E-state index in [9.17, 15) is 0 Å². The Hall–Kier alpha value is -1.26. The van der Waals surface area contributed by atoms with Crippen molar-refractivity contribution in [3.05, 3.63) is 29.8 Å². The molecule has 4 N–H and O–H groups in total. The van der Waals surface area contributed by atoms with Gasteiger partial charge in [0.25, 0.3) is 0 Å². The normalized spacial score (nSPS) is 11.8. The third kappa shape index (κ3) is 22.8. The minimum absolute atomic E-state index is 0.747. The summed E-state index contributed by atoms with van der Waals surface area (Å²) in [5.74, 6) is 1.000. The first-order valence-electron chi connectivity index (χ1n) is 17.6. The summed E-state index contributed by atoms with van der Waals surface area (Å²) in [7, 11) is 8.21. The molecule has 0 saturated heterocycles. The van der Waals surface area contributed by atoms with Crippen LogP contribution in [0.4, 0.5) is 0 Å². The molecule has 0 aromatic heterocycles. The second-order valence-electron chi connectivity index (χ2n) is 12.0. The molecule has 1 aromatic carbocycles. The average molecular weight is 606 g/mol. The van der Waals surface area contributed by atoms with Gasteiger partial charge in [0.05, 0.1) is 0 Å². The molecule has 0 aliphatic carbocycles. The smallest absolute Gasteiger partial charge is 0.119 e. The third-order valence-corrected chi connectivity index (χ3v) is 8.17. The fourth-order valence-electron chi connectivity index (χ4n) is 5.58. The monoisotopic (exact) mass is 606 g/mol. The summed E-state index contributed by atoms with van der Waals surface area (Å²) in [5.41, 5.74) is 1.42. The largest absolute Gasteiger partial charge is 0.492 e. The van der Waals surface area contributed by atoms with E-state index in [2.05, 4.69) is 95.3 Å². The van der Waals surface area contributed by atoms with Crippen LogP contribution in [0.25, 0.3) is 0 Å². The molecule has 0 atom stereocenters. The van der Waals surface area contributed by atoms with Crippen LogP contribution in [-0.2, 0) is 6.42 Å². The molecule has 0 aliphatic rings. The van der Waals surface area contributed by atoms with Crippen LogP contribution in [0.3, 0.4) is 0 Å². The van der Waals surface area contributed by atoms with Crippen LogP contribution in [0.1, 0.15) is 70.3 Å². The lowest BCUT2D eigenvalue weighted by atomic mass is 10.1. The lowest BCUT2D eigenvalue weighted by Crippen LogP contribution is -2.37. The lowest BCUT2D eigenvalue weighted by molar-refractivity contribution is 0.178. The zero-order chi connectivity index (χ0) is 31.2. The van der Waals surface area contributed by atoms with Crippen molar-refractivity contribution in [2.45, 2.75) is 71.1 Å². The molecule has 43 heavy (non-hydrogen) atoms. The Balaban J connectivity index is 2.66. The Kier molecular flexibility index (Phi) is 27.2. The summed E-state index contributed by atoms with van der Waals surface area (Å²) in [6.45, 7) is 17.7. The Morgan fingerprint density at radius 3 is 1.28 bits per heavy atom. The maximum absolute atomic E-state index is 6.24. The number of benzene rings is 1. The first-order chi connectivity index (χ1) is 21.2. The quantitative estimate of drug-likeness (QED) is 0.0923. The van der Waals surface area contributed by atoms with Crippen molar-refractivity contribution in [3.8, 4) is 5.75 Å². The van der Waals surface area contributed by atoms with Crippen molar-refractivity contribution >= 4 is 0 Å². The summed E-state index contributed by atoms with van der Waals surface area (Å²) in [5, 5.41) is 13.2. The zero-order valence-corrected chi connectivity index (χ0v) is 29.0. The molecule has 0 aliphatic heterocycles. The molecule has 1 aromatic rings. The second kappa shape index (κ2) is 29.5. The number of hydrogen-bond donors (Lipinski definition) is 4. The second-order valence-corrected chi connectivity index (χ2v) is 12.0. The summed E-state index contributed by atoms with van der Waals surface area (Å²) in [4.78, 5) is 7.98. The number of ether oxygens (including phenoxy) is 1. The molecule has 252 valence electrons. The molecule has 0 saturated carbocycles. The van der Waals surface area contributed by atoms with Gasteiger partial charge in [-0.15, -0.1) is 0 Å². The van der Waals surface area contributed by atoms with E-state index >= 15 is 0 Å². The third-order valence-electron chi connectivity index (χ3n) is 8.17. The Morgan fingerprint density at radius 2 is 0.884 bits per heavy atom. The van der Waals surface area contributed by atoms with Crippen molar-refractivity contribution in [3.63, 3.8) is 0 Å². The number of rotatable bonds is 32. The maximum Gasteiger partial charge on any atom is 0.119 e. The summed E-state index contributed by atoms with van der Waals surface area (Å²) < 4.78 is 6.24. The standard InChI is InChI=1S/C35H71N7O/c1-6-7-8-15-34-16-18-35(19-17-34)43-33-32-42(30-13-28-40(24-9-20-36-2)25-10-21-37-3)31-14-29-41(26-11-22-38-4)27-12-23-39-5/h16-19,36-39H,6-15,20-33H2,1-5H3. The van der Waals surface area contributed by atoms with E-state index in [1.165, 1.54) is 109 Å². The van der Waals surface area contributed by atoms with E-state index < -0.39 is 0 Å². The molecule has 8 heteroatoms. The first-order valence-corrected chi connectivity index (χ1v) is 17.6. The van der Waals surface area contributed by atoms with Crippen molar-refractivity contribution in [1.82, 2.24) is 36.0 Å². The molecule has 0 amide bonds. The van der Waals surface area contributed by atoms with E-state index in [-0.39, 0.29) is 0 Å². The molecular formula is C35H71N7O. The highest BCUT2D eigenvalue weighted by Gasteiger charge is 2.11. The van der Waals surface area contributed by atoms with Gasteiger partial charge in [0.15, 0.2) is 0 Å². The molecule has 0 heterocycles. The van der Waals surface area contributed by atoms with Crippen LogP contribution in [0, 0.1) is 0 Å². The molecule has 0 spiro atoms. The number of nitrogens with one attached hydrogen (secondary N) is 4. The predicted octanol–water partition coefficient (Wildman–Crippen LogP) is 3.92. The van der Waals surface area contributed by atoms with E-state index in [1.807, 2.05) is 0 Å². The molecule has 0 unspecified atom stereocenters. The van der Waals surface area contributed by atoms with E-state index in [0.29, 0.717) is 0 Å². The van der Waals surface area contributed by atoms with Crippen LogP contribution < -0.4 is 26.0 Å². The van der Waals surface area contributed by atoms with Gasteiger partial charge >= 0.3 is 0 Å². The number of hydrogen-bond acceptors (Lipinski definition) is 8. The van der Waals surface area contributed by atoms with Crippen LogP contribution in [0.2, 0.25) is 0 Å². The predicted molar refractivity (Wildman–Crippen MR) is 188 cm³/mol. The lowest BCUT2D eigenvalue weighted by Gasteiger charge is -2.27. The van der Waals surface area contributed by atoms with Gasteiger partial charge in [-0.25, -0.2) is 0 Å². The minimum Gasteiger partial charge on any atom is -0.492 e. The summed E-state index contributed by atoms with van der Waals surface area (Å²) in [6.07, 6.45) is 12.3. The van der Waals surface area contributed by atoms with E-state index in [1.54, 1.807) is 0 Å². The van der Waals surface area contributed by atoms with Crippen molar-refractivity contribution < 1.29 is 4.74 Å². The Morgan fingerprint density at radius 1 is 0.488 bits per heavy atom. The molecule has 0 radical (unpaired) electrons. The van der Waals surface area contributed by atoms with Crippen molar-refractivity contribution in [1.29, 1.82) is 0 Å². The fourth-order valence-corrected chi connectivity index (χ4v) is 5.58. The highest BCUT2D eigenvalue weighted by atomic mass is 16.5. The first kappa shape index (κ1) is 39.8.